The quantitative estimate of drug-likeness (QED) is 0.668. The minimum atomic E-state index is -3.14. The molecule has 1 amide bonds. The summed E-state index contributed by atoms with van der Waals surface area (Å²) in [6.07, 6.45) is 0.299. The average molecular weight is 437 g/mol. The molecule has 1 aliphatic rings. The molecule has 1 fully saturated rings. The smallest absolute Gasteiger partial charge is 0.310 e. The zero-order chi connectivity index (χ0) is 21.3. The summed E-state index contributed by atoms with van der Waals surface area (Å²) < 4.78 is 28.3. The fourth-order valence-electron chi connectivity index (χ4n) is 3.62. The Morgan fingerprint density at radius 2 is 1.90 bits per heavy atom. The SMILES string of the molecule is CC(=O)N(c1nc(COC(=O)[C@H]2CCS(=O)(=O)C2)cs1)c1c(C)cc(C)cc1C. The molecule has 1 aromatic carbocycles. The molecule has 29 heavy (non-hydrogen) atoms. The summed E-state index contributed by atoms with van der Waals surface area (Å²) in [5, 5.41) is 2.24. The van der Waals surface area contributed by atoms with Crippen LogP contribution in [0.4, 0.5) is 10.8 Å². The molecular weight excluding hydrogens is 412 g/mol. The van der Waals surface area contributed by atoms with Crippen molar-refractivity contribution in [3.8, 4) is 0 Å². The van der Waals surface area contributed by atoms with Gasteiger partial charge in [0.1, 0.15) is 6.61 Å². The topological polar surface area (TPSA) is 93.6 Å². The van der Waals surface area contributed by atoms with E-state index in [9.17, 15) is 18.0 Å². The Morgan fingerprint density at radius 3 is 2.45 bits per heavy atom. The minimum absolute atomic E-state index is 0.0242. The van der Waals surface area contributed by atoms with Gasteiger partial charge >= 0.3 is 5.97 Å². The molecule has 0 aliphatic carbocycles. The van der Waals surface area contributed by atoms with Gasteiger partial charge in [0.25, 0.3) is 0 Å². The van der Waals surface area contributed by atoms with Crippen LogP contribution in [0.25, 0.3) is 0 Å². The van der Waals surface area contributed by atoms with Gasteiger partial charge in [-0.15, -0.1) is 11.3 Å². The van der Waals surface area contributed by atoms with Gasteiger partial charge in [-0.1, -0.05) is 17.7 Å². The Bertz CT molecular complexity index is 1040. The lowest BCUT2D eigenvalue weighted by Crippen LogP contribution is -2.24. The number of carbonyl (C=O) groups excluding carboxylic acids is 2. The van der Waals surface area contributed by atoms with Gasteiger partial charge in [-0.25, -0.2) is 13.4 Å². The molecule has 0 N–H and O–H groups in total. The number of amides is 1. The summed E-state index contributed by atoms with van der Waals surface area (Å²) >= 11 is 1.29. The van der Waals surface area contributed by atoms with Crippen molar-refractivity contribution in [3.63, 3.8) is 0 Å². The predicted molar refractivity (Wildman–Crippen MR) is 112 cm³/mol. The number of thiazole rings is 1. The Balaban J connectivity index is 1.75. The van der Waals surface area contributed by atoms with Gasteiger partial charge in [0.15, 0.2) is 15.0 Å². The van der Waals surface area contributed by atoms with E-state index in [1.165, 1.54) is 18.3 Å². The summed E-state index contributed by atoms with van der Waals surface area (Å²) in [5.41, 5.74) is 4.39. The van der Waals surface area contributed by atoms with Crippen molar-refractivity contribution in [1.29, 1.82) is 0 Å². The number of benzene rings is 1. The second kappa shape index (κ2) is 8.23. The first-order chi connectivity index (χ1) is 13.6. The lowest BCUT2D eigenvalue weighted by molar-refractivity contribution is -0.149. The molecule has 2 heterocycles. The normalized spacial score (nSPS) is 17.9. The first-order valence-electron chi connectivity index (χ1n) is 9.27. The van der Waals surface area contributed by atoms with E-state index in [1.54, 1.807) is 10.3 Å². The molecule has 1 aliphatic heterocycles. The Hall–Kier alpha value is -2.26. The number of nitrogens with zero attached hydrogens (tertiary/aromatic N) is 2. The largest absolute Gasteiger partial charge is 0.459 e. The molecule has 7 nitrogen and oxygen atoms in total. The standard InChI is InChI=1S/C20H24N2O5S2/c1-12-7-13(2)18(14(3)8-12)22(15(4)23)20-21-17(10-28-20)9-27-19(24)16-5-6-29(25,26)11-16/h7-8,10,16H,5-6,9,11H2,1-4H3/t16-/m0/s1. The first kappa shape index (κ1) is 21.4. The molecule has 156 valence electrons. The molecule has 1 saturated heterocycles. The van der Waals surface area contributed by atoms with Gasteiger partial charge in [-0.3, -0.25) is 14.5 Å². The molecule has 2 aromatic rings. The second-order valence-electron chi connectivity index (χ2n) is 7.43. The third-order valence-corrected chi connectivity index (χ3v) is 7.48. The third kappa shape index (κ3) is 4.84. The summed E-state index contributed by atoms with van der Waals surface area (Å²) in [5.74, 6) is -1.41. The van der Waals surface area contributed by atoms with E-state index in [2.05, 4.69) is 4.98 Å². The Labute approximate surface area is 174 Å². The highest BCUT2D eigenvalue weighted by Crippen LogP contribution is 2.34. The highest BCUT2D eigenvalue weighted by molar-refractivity contribution is 7.91. The van der Waals surface area contributed by atoms with Gasteiger partial charge in [0.2, 0.25) is 5.91 Å². The van der Waals surface area contributed by atoms with Crippen molar-refractivity contribution in [2.75, 3.05) is 16.4 Å². The van der Waals surface area contributed by atoms with Crippen LogP contribution in [0, 0.1) is 26.7 Å². The maximum atomic E-state index is 12.4. The monoisotopic (exact) mass is 436 g/mol. The molecule has 0 unspecified atom stereocenters. The number of ether oxygens (including phenoxy) is 1. The highest BCUT2D eigenvalue weighted by Gasteiger charge is 2.34. The molecule has 9 heteroatoms. The molecule has 0 spiro atoms. The molecule has 0 bridgehead atoms. The number of hydrogen-bond donors (Lipinski definition) is 0. The van der Waals surface area contributed by atoms with Crippen molar-refractivity contribution >= 4 is 43.9 Å². The Kier molecular flexibility index (Phi) is 6.09. The number of carbonyl (C=O) groups is 2. The van der Waals surface area contributed by atoms with E-state index < -0.39 is 21.7 Å². The lowest BCUT2D eigenvalue weighted by atomic mass is 10.0. The molecular formula is C20H24N2O5S2. The summed E-state index contributed by atoms with van der Waals surface area (Å²) in [6.45, 7) is 7.35. The third-order valence-electron chi connectivity index (χ3n) is 4.83. The zero-order valence-electron chi connectivity index (χ0n) is 16.9. The van der Waals surface area contributed by atoms with E-state index in [1.807, 2.05) is 32.9 Å². The van der Waals surface area contributed by atoms with Crippen LogP contribution in [0.3, 0.4) is 0 Å². The van der Waals surface area contributed by atoms with Crippen molar-refractivity contribution in [3.05, 3.63) is 39.9 Å². The lowest BCUT2D eigenvalue weighted by Gasteiger charge is -2.23. The average Bonchev–Trinajstić information content (AvgIpc) is 3.21. The molecule has 1 aromatic heterocycles. The van der Waals surface area contributed by atoms with Crippen LogP contribution < -0.4 is 4.90 Å². The number of anilines is 2. The number of aromatic nitrogens is 1. The maximum absolute atomic E-state index is 12.4. The van der Waals surface area contributed by atoms with Crippen LogP contribution in [0.5, 0.6) is 0 Å². The zero-order valence-corrected chi connectivity index (χ0v) is 18.5. The van der Waals surface area contributed by atoms with Crippen LogP contribution in [0.1, 0.15) is 35.7 Å². The van der Waals surface area contributed by atoms with Gasteiger partial charge < -0.3 is 4.74 Å². The number of esters is 1. The van der Waals surface area contributed by atoms with Crippen LogP contribution >= 0.6 is 11.3 Å². The van der Waals surface area contributed by atoms with Gasteiger partial charge in [-0.05, 0) is 38.3 Å². The molecule has 1 atom stereocenters. The fourth-order valence-corrected chi connectivity index (χ4v) is 6.21. The van der Waals surface area contributed by atoms with Gasteiger partial charge in [0.05, 0.1) is 28.8 Å². The highest BCUT2D eigenvalue weighted by atomic mass is 32.2. The summed E-state index contributed by atoms with van der Waals surface area (Å²) in [7, 11) is -3.14. The molecule has 0 saturated carbocycles. The van der Waals surface area contributed by atoms with Crippen LogP contribution in [-0.4, -0.2) is 36.8 Å². The van der Waals surface area contributed by atoms with Crippen molar-refractivity contribution in [2.24, 2.45) is 5.92 Å². The molecule has 3 rings (SSSR count). The van der Waals surface area contributed by atoms with Crippen LogP contribution in [0.2, 0.25) is 0 Å². The van der Waals surface area contributed by atoms with E-state index >= 15 is 0 Å². The summed E-state index contributed by atoms with van der Waals surface area (Å²) in [4.78, 5) is 30.6. The predicted octanol–water partition coefficient (Wildman–Crippen LogP) is 3.23. The van der Waals surface area contributed by atoms with E-state index in [-0.39, 0.29) is 24.0 Å². The van der Waals surface area contributed by atoms with Crippen molar-refractivity contribution < 1.29 is 22.7 Å². The molecule has 0 radical (unpaired) electrons. The van der Waals surface area contributed by atoms with Gasteiger partial charge in [0, 0.05) is 12.3 Å². The van der Waals surface area contributed by atoms with Crippen molar-refractivity contribution in [1.82, 2.24) is 4.98 Å². The first-order valence-corrected chi connectivity index (χ1v) is 12.0. The van der Waals surface area contributed by atoms with Crippen molar-refractivity contribution in [2.45, 2.75) is 40.7 Å². The minimum Gasteiger partial charge on any atom is -0.459 e. The fraction of sp³-hybridized carbons (Fsp3) is 0.450. The number of sulfone groups is 1. The van der Waals surface area contributed by atoms with E-state index in [4.69, 9.17) is 4.74 Å². The maximum Gasteiger partial charge on any atom is 0.310 e. The number of rotatable bonds is 5. The van der Waals surface area contributed by atoms with E-state index in [0.29, 0.717) is 17.2 Å². The number of aryl methyl sites for hydroxylation is 3. The summed E-state index contributed by atoms with van der Waals surface area (Å²) in [6, 6.07) is 4.04. The van der Waals surface area contributed by atoms with Crippen LogP contribution in [-0.2, 0) is 30.8 Å². The van der Waals surface area contributed by atoms with Crippen LogP contribution in [0.15, 0.2) is 17.5 Å². The van der Waals surface area contributed by atoms with Gasteiger partial charge in [-0.2, -0.15) is 0 Å². The van der Waals surface area contributed by atoms with E-state index in [0.717, 1.165) is 22.4 Å². The Morgan fingerprint density at radius 1 is 1.24 bits per heavy atom. The second-order valence-corrected chi connectivity index (χ2v) is 10.5. The number of hydrogen-bond acceptors (Lipinski definition) is 7.